The summed E-state index contributed by atoms with van der Waals surface area (Å²) in [6.45, 7) is 1.93. The Balaban J connectivity index is 2.15. The van der Waals surface area contributed by atoms with Crippen molar-refractivity contribution in [3.05, 3.63) is 57.3 Å². The van der Waals surface area contributed by atoms with Gasteiger partial charge in [0.05, 0.1) is 14.2 Å². The van der Waals surface area contributed by atoms with E-state index in [1.54, 1.807) is 31.2 Å². The van der Waals surface area contributed by atoms with Crippen LogP contribution in [0.15, 0.2) is 34.8 Å². The average molecular weight is 382 g/mol. The fourth-order valence-corrected chi connectivity index (χ4v) is 2.58. The standard InChI is InChI=1S/C17H17BrFNO3/c1-10-4-5-11(6-13(10)19)9-20-17(21)12-7-14(22-2)16(18)15(8-12)23-3/h4-8H,9H2,1-3H3,(H,20,21). The Bertz CT molecular complexity index is 709. The molecule has 0 saturated carbocycles. The van der Waals surface area contributed by atoms with Gasteiger partial charge in [-0.2, -0.15) is 0 Å². The summed E-state index contributed by atoms with van der Waals surface area (Å²) in [6, 6.07) is 8.09. The lowest BCUT2D eigenvalue weighted by Crippen LogP contribution is -2.23. The van der Waals surface area contributed by atoms with Gasteiger partial charge in [-0.05, 0) is 52.2 Å². The number of benzene rings is 2. The van der Waals surface area contributed by atoms with E-state index in [0.29, 0.717) is 32.7 Å². The summed E-state index contributed by atoms with van der Waals surface area (Å²) >= 11 is 3.35. The first-order valence-corrected chi connectivity index (χ1v) is 7.70. The largest absolute Gasteiger partial charge is 0.495 e. The monoisotopic (exact) mass is 381 g/mol. The number of amides is 1. The molecule has 1 N–H and O–H groups in total. The molecule has 0 saturated heterocycles. The van der Waals surface area contributed by atoms with Crippen LogP contribution in [0.4, 0.5) is 4.39 Å². The van der Waals surface area contributed by atoms with Crippen LogP contribution in [0.1, 0.15) is 21.5 Å². The van der Waals surface area contributed by atoms with Gasteiger partial charge in [0, 0.05) is 12.1 Å². The highest BCUT2D eigenvalue weighted by molar-refractivity contribution is 9.10. The van der Waals surface area contributed by atoms with E-state index in [4.69, 9.17) is 9.47 Å². The molecule has 1 amide bonds. The maximum Gasteiger partial charge on any atom is 0.251 e. The fraction of sp³-hybridized carbons (Fsp3) is 0.235. The lowest BCUT2D eigenvalue weighted by molar-refractivity contribution is 0.0950. The van der Waals surface area contributed by atoms with E-state index in [1.807, 2.05) is 0 Å². The zero-order valence-electron chi connectivity index (χ0n) is 13.1. The molecule has 0 aromatic heterocycles. The Kier molecular flexibility index (Phi) is 5.60. The number of rotatable bonds is 5. The number of carbonyl (C=O) groups excluding carboxylic acids is 1. The second kappa shape index (κ2) is 7.46. The third-order valence-electron chi connectivity index (χ3n) is 3.40. The molecule has 0 unspecified atom stereocenters. The first kappa shape index (κ1) is 17.3. The zero-order valence-corrected chi connectivity index (χ0v) is 14.7. The highest BCUT2D eigenvalue weighted by atomic mass is 79.9. The van der Waals surface area contributed by atoms with Crippen LogP contribution in [0.3, 0.4) is 0 Å². The summed E-state index contributed by atoms with van der Waals surface area (Å²) in [5, 5.41) is 2.75. The normalized spacial score (nSPS) is 10.3. The molecule has 0 fully saturated rings. The number of methoxy groups -OCH3 is 2. The Hall–Kier alpha value is -2.08. The minimum absolute atomic E-state index is 0.233. The van der Waals surface area contributed by atoms with Crippen molar-refractivity contribution < 1.29 is 18.7 Å². The Morgan fingerprint density at radius 3 is 2.30 bits per heavy atom. The molecule has 0 aliphatic heterocycles. The first-order chi connectivity index (χ1) is 11.0. The number of aryl methyl sites for hydroxylation is 1. The Morgan fingerprint density at radius 2 is 1.78 bits per heavy atom. The summed E-state index contributed by atoms with van der Waals surface area (Å²) in [6.07, 6.45) is 0. The molecule has 4 nitrogen and oxygen atoms in total. The lowest BCUT2D eigenvalue weighted by Gasteiger charge is -2.12. The van der Waals surface area contributed by atoms with Gasteiger partial charge in [0.25, 0.3) is 5.91 Å². The van der Waals surface area contributed by atoms with E-state index in [9.17, 15) is 9.18 Å². The number of carbonyl (C=O) groups is 1. The van der Waals surface area contributed by atoms with Crippen LogP contribution in [0.25, 0.3) is 0 Å². The van der Waals surface area contributed by atoms with Crippen molar-refractivity contribution in [1.82, 2.24) is 5.32 Å². The van der Waals surface area contributed by atoms with E-state index in [0.717, 1.165) is 0 Å². The number of nitrogens with one attached hydrogen (secondary N) is 1. The van der Waals surface area contributed by atoms with E-state index in [2.05, 4.69) is 21.2 Å². The van der Waals surface area contributed by atoms with Gasteiger partial charge in [-0.25, -0.2) is 4.39 Å². The molecule has 0 atom stereocenters. The molecule has 0 radical (unpaired) electrons. The fourth-order valence-electron chi connectivity index (χ4n) is 2.03. The van der Waals surface area contributed by atoms with Crippen LogP contribution < -0.4 is 14.8 Å². The van der Waals surface area contributed by atoms with Gasteiger partial charge >= 0.3 is 0 Å². The molecular formula is C17H17BrFNO3. The molecule has 2 aromatic carbocycles. The van der Waals surface area contributed by atoms with Gasteiger partial charge in [-0.1, -0.05) is 12.1 Å². The van der Waals surface area contributed by atoms with Crippen LogP contribution in [-0.4, -0.2) is 20.1 Å². The van der Waals surface area contributed by atoms with Gasteiger partial charge in [0.1, 0.15) is 21.8 Å². The van der Waals surface area contributed by atoms with E-state index in [1.165, 1.54) is 20.3 Å². The topological polar surface area (TPSA) is 47.6 Å². The van der Waals surface area contributed by atoms with Gasteiger partial charge < -0.3 is 14.8 Å². The first-order valence-electron chi connectivity index (χ1n) is 6.91. The quantitative estimate of drug-likeness (QED) is 0.855. The minimum Gasteiger partial charge on any atom is -0.495 e. The zero-order chi connectivity index (χ0) is 17.0. The summed E-state index contributed by atoms with van der Waals surface area (Å²) in [4.78, 5) is 12.3. The highest BCUT2D eigenvalue weighted by Gasteiger charge is 2.14. The third kappa shape index (κ3) is 4.01. The molecule has 2 aromatic rings. The van der Waals surface area contributed by atoms with Crippen LogP contribution >= 0.6 is 15.9 Å². The van der Waals surface area contributed by atoms with Crippen LogP contribution in [-0.2, 0) is 6.54 Å². The molecule has 23 heavy (non-hydrogen) atoms. The average Bonchev–Trinajstić information content (AvgIpc) is 2.55. The molecule has 6 heteroatoms. The molecule has 0 aliphatic rings. The van der Waals surface area contributed by atoms with Crippen molar-refractivity contribution in [2.75, 3.05) is 14.2 Å². The minimum atomic E-state index is -0.296. The van der Waals surface area contributed by atoms with E-state index >= 15 is 0 Å². The SMILES string of the molecule is COc1cc(C(=O)NCc2ccc(C)c(F)c2)cc(OC)c1Br. The van der Waals surface area contributed by atoms with E-state index < -0.39 is 0 Å². The van der Waals surface area contributed by atoms with Crippen LogP contribution in [0, 0.1) is 12.7 Å². The van der Waals surface area contributed by atoms with Gasteiger partial charge in [0.15, 0.2) is 0 Å². The van der Waals surface area contributed by atoms with Gasteiger partial charge in [0.2, 0.25) is 0 Å². The molecule has 0 bridgehead atoms. The molecule has 0 heterocycles. The van der Waals surface area contributed by atoms with Gasteiger partial charge in [-0.15, -0.1) is 0 Å². The number of halogens is 2. The molecule has 0 aliphatic carbocycles. The number of hydrogen-bond acceptors (Lipinski definition) is 3. The third-order valence-corrected chi connectivity index (χ3v) is 4.18. The predicted molar refractivity (Wildman–Crippen MR) is 89.6 cm³/mol. The van der Waals surface area contributed by atoms with Crippen molar-refractivity contribution in [1.29, 1.82) is 0 Å². The Morgan fingerprint density at radius 1 is 1.17 bits per heavy atom. The van der Waals surface area contributed by atoms with Crippen molar-refractivity contribution in [2.45, 2.75) is 13.5 Å². The van der Waals surface area contributed by atoms with Crippen LogP contribution in [0.5, 0.6) is 11.5 Å². The number of ether oxygens (including phenoxy) is 2. The summed E-state index contributed by atoms with van der Waals surface area (Å²) in [5.41, 5.74) is 1.66. The maximum absolute atomic E-state index is 13.5. The second-order valence-corrected chi connectivity index (χ2v) is 5.75. The molecule has 122 valence electrons. The number of hydrogen-bond donors (Lipinski definition) is 1. The highest BCUT2D eigenvalue weighted by Crippen LogP contribution is 2.35. The van der Waals surface area contributed by atoms with Crippen molar-refractivity contribution in [3.63, 3.8) is 0 Å². The smallest absolute Gasteiger partial charge is 0.251 e. The van der Waals surface area contributed by atoms with Crippen molar-refractivity contribution >= 4 is 21.8 Å². The second-order valence-electron chi connectivity index (χ2n) is 4.96. The Labute approximate surface area is 142 Å². The van der Waals surface area contributed by atoms with Gasteiger partial charge in [-0.3, -0.25) is 4.79 Å². The summed E-state index contributed by atoms with van der Waals surface area (Å²) in [7, 11) is 3.02. The lowest BCUT2D eigenvalue weighted by atomic mass is 10.1. The maximum atomic E-state index is 13.5. The predicted octanol–water partition coefficient (Wildman–Crippen LogP) is 3.84. The molecule has 0 spiro atoms. The molecular weight excluding hydrogens is 365 g/mol. The summed E-state index contributed by atoms with van der Waals surface area (Å²) < 4.78 is 24.6. The molecule has 2 rings (SSSR count). The van der Waals surface area contributed by atoms with E-state index in [-0.39, 0.29) is 18.3 Å². The van der Waals surface area contributed by atoms with Crippen LogP contribution in [0.2, 0.25) is 0 Å². The van der Waals surface area contributed by atoms with Crippen molar-refractivity contribution in [2.24, 2.45) is 0 Å². The van der Waals surface area contributed by atoms with Crippen molar-refractivity contribution in [3.8, 4) is 11.5 Å². The summed E-state index contributed by atoms with van der Waals surface area (Å²) in [5.74, 6) is 0.408.